The van der Waals surface area contributed by atoms with Crippen LogP contribution < -0.4 is 0 Å². The van der Waals surface area contributed by atoms with E-state index in [1.165, 1.54) is 0 Å². The first-order chi connectivity index (χ1) is 8.37. The lowest BCUT2D eigenvalue weighted by Gasteiger charge is -2.23. The summed E-state index contributed by atoms with van der Waals surface area (Å²) in [6.45, 7) is 5.58. The molecule has 0 unspecified atom stereocenters. The van der Waals surface area contributed by atoms with E-state index >= 15 is 0 Å². The molecule has 0 amide bonds. The summed E-state index contributed by atoms with van der Waals surface area (Å²) in [6, 6.07) is 7.06. The maximum absolute atomic E-state index is 12.1. The van der Waals surface area contributed by atoms with Crippen LogP contribution in [0.5, 0.6) is 0 Å². The number of Topliss-reactive ketones (excluding diaryl/α,β-unsaturated/α-hetero) is 1. The zero-order chi connectivity index (χ0) is 13.8. The average molecular weight is 269 g/mol. The van der Waals surface area contributed by atoms with E-state index in [4.69, 9.17) is 16.3 Å². The summed E-state index contributed by atoms with van der Waals surface area (Å²) >= 11 is 5.81. The zero-order valence-electron chi connectivity index (χ0n) is 10.8. The molecule has 0 heterocycles. The molecule has 0 aliphatic heterocycles. The summed E-state index contributed by atoms with van der Waals surface area (Å²) in [5, 5.41) is 0.618. The van der Waals surface area contributed by atoms with E-state index < -0.39 is 11.4 Å². The third-order valence-electron chi connectivity index (χ3n) is 2.87. The Labute approximate surface area is 112 Å². The van der Waals surface area contributed by atoms with Crippen molar-refractivity contribution in [1.29, 1.82) is 0 Å². The molecule has 0 atom stereocenters. The van der Waals surface area contributed by atoms with Gasteiger partial charge < -0.3 is 4.74 Å². The maximum Gasteiger partial charge on any atom is 0.313 e. The number of ether oxygens (including phenoxy) is 1. The summed E-state index contributed by atoms with van der Waals surface area (Å²) in [4.78, 5) is 23.4. The topological polar surface area (TPSA) is 43.4 Å². The Balaban J connectivity index is 2.82. The Morgan fingerprint density at radius 2 is 1.78 bits per heavy atom. The molecule has 0 aliphatic rings. The van der Waals surface area contributed by atoms with Gasteiger partial charge in [0.15, 0.2) is 5.78 Å². The van der Waals surface area contributed by atoms with Crippen LogP contribution in [0.25, 0.3) is 0 Å². The first-order valence-corrected chi connectivity index (χ1v) is 6.20. The molecule has 3 nitrogen and oxygen atoms in total. The molecule has 98 valence electrons. The minimum Gasteiger partial charge on any atom is -0.466 e. The van der Waals surface area contributed by atoms with Crippen LogP contribution in [0.15, 0.2) is 24.3 Å². The van der Waals surface area contributed by atoms with Gasteiger partial charge in [0.2, 0.25) is 0 Å². The van der Waals surface area contributed by atoms with E-state index in [9.17, 15) is 9.59 Å². The number of hydrogen-bond donors (Lipinski definition) is 0. The van der Waals surface area contributed by atoms with E-state index in [2.05, 4.69) is 0 Å². The molecule has 0 saturated carbocycles. The van der Waals surface area contributed by atoms with Crippen molar-refractivity contribution in [3.05, 3.63) is 34.9 Å². The van der Waals surface area contributed by atoms with Gasteiger partial charge in [0.25, 0.3) is 0 Å². The Kier molecular flexibility index (Phi) is 4.91. The van der Waals surface area contributed by atoms with Crippen LogP contribution in [0.4, 0.5) is 0 Å². The molecule has 18 heavy (non-hydrogen) atoms. The molecule has 0 aromatic heterocycles. The van der Waals surface area contributed by atoms with E-state index in [0.29, 0.717) is 5.02 Å². The fraction of sp³-hybridized carbons (Fsp3) is 0.429. The van der Waals surface area contributed by atoms with Gasteiger partial charge in [-0.2, -0.15) is 0 Å². The molecule has 4 heteroatoms. The van der Waals surface area contributed by atoms with Gasteiger partial charge in [-0.25, -0.2) is 0 Å². The second-order valence-corrected chi connectivity index (χ2v) is 4.97. The van der Waals surface area contributed by atoms with E-state index in [1.807, 2.05) is 0 Å². The van der Waals surface area contributed by atoms with Crippen molar-refractivity contribution in [2.75, 3.05) is 6.61 Å². The van der Waals surface area contributed by atoms with Crippen molar-refractivity contribution in [1.82, 2.24) is 0 Å². The van der Waals surface area contributed by atoms with Gasteiger partial charge in [0.1, 0.15) is 6.42 Å². The van der Waals surface area contributed by atoms with Gasteiger partial charge in [-0.15, -0.1) is 0 Å². The quantitative estimate of drug-likeness (QED) is 0.609. The van der Waals surface area contributed by atoms with Crippen molar-refractivity contribution >= 4 is 23.4 Å². The summed E-state index contributed by atoms with van der Waals surface area (Å²) in [5.74, 6) is -0.646. The maximum atomic E-state index is 12.1. The smallest absolute Gasteiger partial charge is 0.313 e. The van der Waals surface area contributed by atoms with Crippen molar-refractivity contribution in [2.24, 2.45) is 0 Å². The molecular weight excluding hydrogens is 252 g/mol. The van der Waals surface area contributed by atoms with Crippen molar-refractivity contribution in [3.8, 4) is 0 Å². The highest BCUT2D eigenvalue weighted by Gasteiger charge is 2.31. The van der Waals surface area contributed by atoms with Crippen LogP contribution in [0.2, 0.25) is 5.02 Å². The molecule has 1 aromatic carbocycles. The largest absolute Gasteiger partial charge is 0.466 e. The predicted octanol–water partition coefficient (Wildman–Crippen LogP) is 3.14. The lowest BCUT2D eigenvalue weighted by molar-refractivity contribution is -0.146. The second kappa shape index (κ2) is 6.01. The minimum atomic E-state index is -0.725. The lowest BCUT2D eigenvalue weighted by Crippen LogP contribution is -2.31. The molecule has 0 radical (unpaired) electrons. The number of benzene rings is 1. The first-order valence-electron chi connectivity index (χ1n) is 5.83. The third kappa shape index (κ3) is 3.57. The number of rotatable bonds is 5. The SMILES string of the molecule is CCOC(=O)CC(=O)C(C)(C)c1ccc(Cl)cc1. The van der Waals surface area contributed by atoms with Gasteiger partial charge >= 0.3 is 5.97 Å². The monoisotopic (exact) mass is 268 g/mol. The number of carbonyl (C=O) groups is 2. The Hall–Kier alpha value is -1.35. The zero-order valence-corrected chi connectivity index (χ0v) is 11.6. The standard InChI is InChI=1S/C14H17ClO3/c1-4-18-13(17)9-12(16)14(2,3)10-5-7-11(15)8-6-10/h5-8H,4,9H2,1-3H3. The van der Waals surface area contributed by atoms with Crippen LogP contribution >= 0.6 is 11.6 Å². The normalized spacial score (nSPS) is 11.1. The number of halogens is 1. The second-order valence-electron chi connectivity index (χ2n) is 4.54. The fourth-order valence-electron chi connectivity index (χ4n) is 1.59. The van der Waals surface area contributed by atoms with Crippen molar-refractivity contribution < 1.29 is 14.3 Å². The van der Waals surface area contributed by atoms with Crippen LogP contribution in [0.1, 0.15) is 32.8 Å². The van der Waals surface area contributed by atoms with Crippen molar-refractivity contribution in [3.63, 3.8) is 0 Å². The molecule has 0 aliphatic carbocycles. The van der Waals surface area contributed by atoms with Crippen LogP contribution in [-0.4, -0.2) is 18.4 Å². The molecule has 0 saturated heterocycles. The van der Waals surface area contributed by atoms with Crippen LogP contribution in [-0.2, 0) is 19.7 Å². The Bertz CT molecular complexity index is 435. The molecule has 0 fully saturated rings. The lowest BCUT2D eigenvalue weighted by atomic mass is 9.79. The summed E-state index contributed by atoms with van der Waals surface area (Å²) < 4.78 is 4.78. The predicted molar refractivity (Wildman–Crippen MR) is 70.7 cm³/mol. The molecule has 0 bridgehead atoms. The first kappa shape index (κ1) is 14.7. The Morgan fingerprint density at radius 1 is 1.22 bits per heavy atom. The van der Waals surface area contributed by atoms with Gasteiger partial charge in [-0.05, 0) is 38.5 Å². The molecule has 0 N–H and O–H groups in total. The number of hydrogen-bond acceptors (Lipinski definition) is 3. The molecule has 1 rings (SSSR count). The molecule has 0 spiro atoms. The van der Waals surface area contributed by atoms with Gasteiger partial charge in [-0.3, -0.25) is 9.59 Å². The highest BCUT2D eigenvalue weighted by Crippen LogP contribution is 2.26. The minimum absolute atomic E-state index is 0.164. The third-order valence-corrected chi connectivity index (χ3v) is 3.13. The van der Waals surface area contributed by atoms with E-state index in [-0.39, 0.29) is 18.8 Å². The van der Waals surface area contributed by atoms with Crippen molar-refractivity contribution in [2.45, 2.75) is 32.6 Å². The van der Waals surface area contributed by atoms with E-state index in [1.54, 1.807) is 45.0 Å². The number of ketones is 1. The van der Waals surface area contributed by atoms with E-state index in [0.717, 1.165) is 5.56 Å². The summed E-state index contributed by atoms with van der Waals surface area (Å²) in [6.07, 6.45) is -0.205. The van der Waals surface area contributed by atoms with Gasteiger partial charge in [-0.1, -0.05) is 23.7 Å². The van der Waals surface area contributed by atoms with Gasteiger partial charge in [0.05, 0.1) is 6.61 Å². The summed E-state index contributed by atoms with van der Waals surface area (Å²) in [7, 11) is 0. The highest BCUT2D eigenvalue weighted by molar-refractivity contribution is 6.30. The summed E-state index contributed by atoms with van der Waals surface area (Å²) in [5.41, 5.74) is 0.110. The Morgan fingerprint density at radius 3 is 2.28 bits per heavy atom. The van der Waals surface area contributed by atoms with Crippen LogP contribution in [0.3, 0.4) is 0 Å². The molecule has 1 aromatic rings. The number of carbonyl (C=O) groups excluding carboxylic acids is 2. The fourth-order valence-corrected chi connectivity index (χ4v) is 1.72. The number of esters is 1. The molecular formula is C14H17ClO3. The van der Waals surface area contributed by atoms with Crippen LogP contribution in [0, 0.1) is 0 Å². The van der Waals surface area contributed by atoms with Gasteiger partial charge in [0, 0.05) is 10.4 Å². The average Bonchev–Trinajstić information content (AvgIpc) is 2.29. The highest BCUT2D eigenvalue weighted by atomic mass is 35.5.